The van der Waals surface area contributed by atoms with E-state index in [0.717, 1.165) is 0 Å². The van der Waals surface area contributed by atoms with E-state index in [1.807, 2.05) is 0 Å². The zero-order valence-electron chi connectivity index (χ0n) is 3.51. The van der Waals surface area contributed by atoms with Gasteiger partial charge in [0.05, 0.1) is 0 Å². The molecule has 0 aromatic heterocycles. The van der Waals surface area contributed by atoms with Crippen LogP contribution in [-0.2, 0) is 11.2 Å². The Balaban J connectivity index is -0.0000000450. The van der Waals surface area contributed by atoms with Gasteiger partial charge in [-0.15, -0.1) is 0 Å². The summed E-state index contributed by atoms with van der Waals surface area (Å²) in [7, 11) is 14.7. The van der Waals surface area contributed by atoms with Gasteiger partial charge in [-0.3, -0.25) is 0 Å². The van der Waals surface area contributed by atoms with E-state index in [1.165, 1.54) is 0 Å². The molecule has 0 saturated carbocycles. The van der Waals surface area contributed by atoms with Gasteiger partial charge in [0.2, 0.25) is 0 Å². The largest absolute Gasteiger partial charge is 1.00 e. The van der Waals surface area contributed by atoms with Crippen molar-refractivity contribution in [2.75, 3.05) is 0 Å². The molecule has 0 aliphatic heterocycles. The van der Waals surface area contributed by atoms with Gasteiger partial charge in [0.1, 0.15) is 0 Å². The summed E-state index contributed by atoms with van der Waals surface area (Å²) in [5, 5.41) is 0. The molecule has 5 heavy (non-hydrogen) atoms. The van der Waals surface area contributed by atoms with Crippen LogP contribution in [0.1, 0.15) is 1.43 Å². The molecule has 0 atom stereocenters. The molecule has 0 heterocycles. The van der Waals surface area contributed by atoms with Crippen LogP contribution in [0.4, 0.5) is 0 Å². The third kappa shape index (κ3) is 19.0. The van der Waals surface area contributed by atoms with Crippen molar-refractivity contribution < 1.29 is 70.8 Å². The number of hydrogen-bond donors (Lipinski definition) is 0. The van der Waals surface area contributed by atoms with Crippen LogP contribution in [0.25, 0.3) is 0 Å². The van der Waals surface area contributed by atoms with Gasteiger partial charge in [0.25, 0.3) is 0 Å². The summed E-state index contributed by atoms with van der Waals surface area (Å²) in [6.45, 7) is 0. The van der Waals surface area contributed by atoms with Crippen LogP contribution in [0.15, 0.2) is 0 Å². The maximum absolute atomic E-state index is 4.91. The number of hydrogen-bond acceptors (Lipinski definition) is 0. The number of halogens is 3. The molecule has 0 radical (unpaired) electrons. The zero-order valence-corrected chi connectivity index (χ0v) is 10.9. The molecule has 0 unspecified atom stereocenters. The first-order valence-corrected chi connectivity index (χ1v) is 5.30. The standard InChI is InChI=1S/3ClH.Mn.Rb.H/h3*1H;;;/q;;;+3;+1;-1/p-3. The van der Waals surface area contributed by atoms with Gasteiger partial charge < -0.3 is 1.43 Å². The first-order valence-electron chi connectivity index (χ1n) is 0.429. The molecule has 0 rings (SSSR count). The second-order valence-electron chi connectivity index (χ2n) is 0.162. The van der Waals surface area contributed by atoms with Crippen molar-refractivity contribution >= 4 is 30.3 Å². The Morgan fingerprint density at radius 2 is 1.20 bits per heavy atom. The Hall–Kier alpha value is 3.19. The van der Waals surface area contributed by atoms with E-state index in [9.17, 15) is 0 Å². The fraction of sp³-hybridized carbons (Fsp3) is 0. The van der Waals surface area contributed by atoms with Crippen LogP contribution in [0.5, 0.6) is 0 Å². The topological polar surface area (TPSA) is 0 Å². The van der Waals surface area contributed by atoms with Crippen LogP contribution >= 0.6 is 30.3 Å². The van der Waals surface area contributed by atoms with E-state index in [-0.39, 0.29) is 59.6 Å². The molecule has 30 valence electrons. The molecular formula is HCl3MnRb. The van der Waals surface area contributed by atoms with Crippen molar-refractivity contribution in [1.82, 2.24) is 0 Å². The minimum absolute atomic E-state index is 0. The molecule has 0 bridgehead atoms. The van der Waals surface area contributed by atoms with Gasteiger partial charge in [-0.05, 0) is 0 Å². The third-order valence-corrected chi connectivity index (χ3v) is 0. The molecule has 0 fully saturated rings. The quantitative estimate of drug-likeness (QED) is 0.491. The van der Waals surface area contributed by atoms with Crippen molar-refractivity contribution in [1.29, 1.82) is 0 Å². The minimum Gasteiger partial charge on any atom is -1.00 e. The molecule has 0 aliphatic carbocycles. The van der Waals surface area contributed by atoms with E-state index >= 15 is 0 Å². The minimum atomic E-state index is -1.48. The SMILES string of the molecule is [Cl][Mn]([Cl])[Cl].[H-].[Rb+]. The molecule has 0 saturated heterocycles. The van der Waals surface area contributed by atoms with Crippen LogP contribution in [0, 0.1) is 0 Å². The normalized spacial score (nSPS) is 9.00. The maximum atomic E-state index is 4.91. The van der Waals surface area contributed by atoms with Gasteiger partial charge in [0.15, 0.2) is 0 Å². The monoisotopic (exact) mass is 246 g/mol. The molecule has 0 aliphatic rings. The smallest absolute Gasteiger partial charge is 1.00 e. The van der Waals surface area contributed by atoms with Gasteiger partial charge in [-0.1, -0.05) is 0 Å². The second kappa shape index (κ2) is 7.19. The first kappa shape index (κ1) is 11.1. The Bertz CT molecular complexity index is 15.5. The maximum Gasteiger partial charge on any atom is 1.00 e. The summed E-state index contributed by atoms with van der Waals surface area (Å²) in [6, 6.07) is 0. The summed E-state index contributed by atoms with van der Waals surface area (Å²) in [6.07, 6.45) is 0. The molecule has 0 N–H and O–H groups in total. The van der Waals surface area contributed by atoms with E-state index in [4.69, 9.17) is 30.3 Å². The Morgan fingerprint density at radius 1 is 1.20 bits per heavy atom. The summed E-state index contributed by atoms with van der Waals surface area (Å²) < 4.78 is 0. The van der Waals surface area contributed by atoms with E-state index in [0.29, 0.717) is 0 Å². The fourth-order valence-electron chi connectivity index (χ4n) is 0. The fourth-order valence-corrected chi connectivity index (χ4v) is 0. The molecule has 0 aromatic carbocycles. The van der Waals surface area contributed by atoms with E-state index in [1.54, 1.807) is 0 Å². The summed E-state index contributed by atoms with van der Waals surface area (Å²) in [5.74, 6) is 0. The average molecular weight is 248 g/mol. The first-order chi connectivity index (χ1) is 1.73. The van der Waals surface area contributed by atoms with E-state index in [2.05, 4.69) is 0 Å². The van der Waals surface area contributed by atoms with Crippen molar-refractivity contribution in [3.05, 3.63) is 0 Å². The second-order valence-corrected chi connectivity index (χ2v) is 6.01. The number of rotatable bonds is 0. The summed E-state index contributed by atoms with van der Waals surface area (Å²) >= 11 is -1.48. The van der Waals surface area contributed by atoms with Gasteiger partial charge in [-0.2, -0.15) is 0 Å². The van der Waals surface area contributed by atoms with Crippen molar-refractivity contribution in [2.45, 2.75) is 0 Å². The molecule has 0 aromatic rings. The molecular weight excluding hydrogens is 247 g/mol. The third-order valence-electron chi connectivity index (χ3n) is 0. The van der Waals surface area contributed by atoms with Gasteiger partial charge in [0, 0.05) is 0 Å². The molecule has 0 amide bonds. The van der Waals surface area contributed by atoms with Crippen LogP contribution in [-0.4, -0.2) is 0 Å². The Labute approximate surface area is 98.4 Å². The average Bonchev–Trinajstić information content (AvgIpc) is 0.811. The predicted molar refractivity (Wildman–Crippen MR) is 18.7 cm³/mol. The van der Waals surface area contributed by atoms with Gasteiger partial charge >= 0.3 is 99.6 Å². The zero-order chi connectivity index (χ0) is 3.58. The molecule has 5 heteroatoms. The van der Waals surface area contributed by atoms with Crippen LogP contribution < -0.4 is 58.2 Å². The van der Waals surface area contributed by atoms with Gasteiger partial charge in [-0.25, -0.2) is 0 Å². The Morgan fingerprint density at radius 3 is 1.20 bits per heavy atom. The summed E-state index contributed by atoms with van der Waals surface area (Å²) in [4.78, 5) is 0. The predicted octanol–water partition coefficient (Wildman–Crippen LogP) is -0.818. The molecule has 0 nitrogen and oxygen atoms in total. The van der Waals surface area contributed by atoms with Crippen molar-refractivity contribution in [3.63, 3.8) is 0 Å². The van der Waals surface area contributed by atoms with Crippen molar-refractivity contribution in [3.8, 4) is 0 Å². The van der Waals surface area contributed by atoms with Crippen molar-refractivity contribution in [2.24, 2.45) is 0 Å². The van der Waals surface area contributed by atoms with Crippen LogP contribution in [0.2, 0.25) is 0 Å². The summed E-state index contributed by atoms with van der Waals surface area (Å²) in [5.41, 5.74) is 0. The van der Waals surface area contributed by atoms with E-state index < -0.39 is 11.2 Å². The van der Waals surface area contributed by atoms with Crippen LogP contribution in [0.3, 0.4) is 0 Å². The molecule has 0 spiro atoms. The Kier molecular flexibility index (Phi) is 15.9.